The van der Waals surface area contributed by atoms with E-state index in [0.717, 1.165) is 6.42 Å². The molecule has 0 spiro atoms. The quantitative estimate of drug-likeness (QED) is 0.329. The molecular formula is C20H20N4O3. The van der Waals surface area contributed by atoms with Crippen molar-refractivity contribution in [1.29, 1.82) is 0 Å². The van der Waals surface area contributed by atoms with E-state index in [2.05, 4.69) is 10.3 Å². The molecule has 0 atom stereocenters. The lowest BCUT2D eigenvalue weighted by atomic mass is 10.0. The fraction of sp³-hybridized carbons (Fsp3) is 0.150. The molecule has 1 aliphatic heterocycles. The van der Waals surface area contributed by atoms with Crippen LogP contribution in [0.15, 0.2) is 65.3 Å². The molecule has 0 fully saturated rings. The van der Waals surface area contributed by atoms with Crippen molar-refractivity contribution in [2.24, 2.45) is 10.7 Å². The number of carbonyl (C=O) groups excluding carboxylic acids is 2. The van der Waals surface area contributed by atoms with E-state index in [1.165, 1.54) is 0 Å². The van der Waals surface area contributed by atoms with Gasteiger partial charge in [0.2, 0.25) is 0 Å². The Morgan fingerprint density at radius 1 is 1.04 bits per heavy atom. The van der Waals surface area contributed by atoms with Gasteiger partial charge in [-0.05, 0) is 24.6 Å². The van der Waals surface area contributed by atoms with Crippen LogP contribution in [0.1, 0.15) is 22.3 Å². The number of anilines is 1. The standard InChI is InChI=1S/C20H20N4O3/c21-15-10-5-4-9-14(15)16(17(22)18-23-11-6-12-24-18)20(26)27-19(25)13-7-2-1-3-8-13/h1-5,7-10H,6,11-12,21-22H2,(H,23,24). The molecule has 0 unspecified atom stereocenters. The summed E-state index contributed by atoms with van der Waals surface area (Å²) in [6, 6.07) is 15.0. The molecule has 7 nitrogen and oxygen atoms in total. The molecule has 1 heterocycles. The van der Waals surface area contributed by atoms with Crippen LogP contribution in [0, 0.1) is 0 Å². The number of para-hydroxylation sites is 1. The van der Waals surface area contributed by atoms with Gasteiger partial charge in [0.25, 0.3) is 0 Å². The van der Waals surface area contributed by atoms with E-state index in [9.17, 15) is 9.59 Å². The summed E-state index contributed by atoms with van der Waals surface area (Å²) in [5.41, 5.74) is 13.3. The summed E-state index contributed by atoms with van der Waals surface area (Å²) in [7, 11) is 0. The van der Waals surface area contributed by atoms with Crippen molar-refractivity contribution in [2.75, 3.05) is 18.8 Å². The first-order chi connectivity index (χ1) is 13.1. The van der Waals surface area contributed by atoms with Crippen molar-refractivity contribution in [3.8, 4) is 0 Å². The molecule has 0 saturated carbocycles. The number of amidine groups is 1. The second kappa shape index (κ2) is 8.18. The molecular weight excluding hydrogens is 344 g/mol. The van der Waals surface area contributed by atoms with Gasteiger partial charge in [0.05, 0.1) is 16.8 Å². The molecule has 0 saturated heterocycles. The minimum atomic E-state index is -0.880. The number of benzene rings is 2. The van der Waals surface area contributed by atoms with Gasteiger partial charge < -0.3 is 21.5 Å². The normalized spacial score (nSPS) is 14.4. The van der Waals surface area contributed by atoms with E-state index in [-0.39, 0.29) is 16.8 Å². The number of hydrogen-bond donors (Lipinski definition) is 3. The minimum absolute atomic E-state index is 0.00512. The molecule has 0 radical (unpaired) electrons. The number of nitrogens with one attached hydrogen (secondary N) is 1. The SMILES string of the molecule is NC(C1=NCCCN1)=C(C(=O)OC(=O)c1ccccc1)c1ccccc1N. The lowest BCUT2D eigenvalue weighted by Crippen LogP contribution is -2.35. The Labute approximate surface area is 156 Å². The first-order valence-electron chi connectivity index (χ1n) is 8.53. The first kappa shape index (κ1) is 18.2. The molecule has 2 aromatic carbocycles. The second-order valence-electron chi connectivity index (χ2n) is 5.93. The fourth-order valence-corrected chi connectivity index (χ4v) is 2.69. The van der Waals surface area contributed by atoms with E-state index in [1.54, 1.807) is 54.6 Å². The highest BCUT2D eigenvalue weighted by atomic mass is 16.6. The molecule has 0 aliphatic carbocycles. The number of aliphatic imine (C=N–C) groups is 1. The van der Waals surface area contributed by atoms with Gasteiger partial charge in [0.1, 0.15) is 5.84 Å². The van der Waals surface area contributed by atoms with Crippen molar-refractivity contribution < 1.29 is 14.3 Å². The highest BCUT2D eigenvalue weighted by Gasteiger charge is 2.25. The number of nitrogens with zero attached hydrogens (tertiary/aromatic N) is 1. The van der Waals surface area contributed by atoms with Crippen LogP contribution < -0.4 is 16.8 Å². The Hall–Kier alpha value is -3.61. The molecule has 3 rings (SSSR count). The predicted molar refractivity (Wildman–Crippen MR) is 104 cm³/mol. The van der Waals surface area contributed by atoms with Crippen molar-refractivity contribution in [3.05, 3.63) is 71.4 Å². The molecule has 138 valence electrons. The van der Waals surface area contributed by atoms with Gasteiger partial charge in [0, 0.05) is 24.3 Å². The van der Waals surface area contributed by atoms with Crippen LogP contribution in [0.2, 0.25) is 0 Å². The van der Waals surface area contributed by atoms with Crippen LogP contribution in [0.5, 0.6) is 0 Å². The lowest BCUT2D eigenvalue weighted by Gasteiger charge is -2.18. The monoisotopic (exact) mass is 364 g/mol. The average molecular weight is 364 g/mol. The van der Waals surface area contributed by atoms with Crippen LogP contribution in [-0.2, 0) is 9.53 Å². The van der Waals surface area contributed by atoms with E-state index in [1.807, 2.05) is 0 Å². The summed E-state index contributed by atoms with van der Waals surface area (Å²) < 4.78 is 5.07. The maximum Gasteiger partial charge on any atom is 0.348 e. The van der Waals surface area contributed by atoms with Crippen molar-refractivity contribution >= 4 is 29.0 Å². The van der Waals surface area contributed by atoms with Crippen LogP contribution >= 0.6 is 0 Å². The largest absolute Gasteiger partial charge is 0.398 e. The number of ether oxygens (including phenoxy) is 1. The van der Waals surface area contributed by atoms with Gasteiger partial charge in [-0.3, -0.25) is 4.99 Å². The summed E-state index contributed by atoms with van der Waals surface area (Å²) in [6.07, 6.45) is 0.872. The van der Waals surface area contributed by atoms with E-state index in [0.29, 0.717) is 30.2 Å². The van der Waals surface area contributed by atoms with Gasteiger partial charge >= 0.3 is 11.9 Å². The molecule has 7 heteroatoms. The Morgan fingerprint density at radius 2 is 1.74 bits per heavy atom. The average Bonchev–Trinajstić information content (AvgIpc) is 2.71. The summed E-state index contributed by atoms with van der Waals surface area (Å²) >= 11 is 0. The Morgan fingerprint density at radius 3 is 2.41 bits per heavy atom. The van der Waals surface area contributed by atoms with Crippen LogP contribution in [0.25, 0.3) is 5.57 Å². The third-order valence-corrected chi connectivity index (χ3v) is 4.05. The smallest absolute Gasteiger partial charge is 0.348 e. The highest BCUT2D eigenvalue weighted by molar-refractivity contribution is 6.27. The molecule has 0 aromatic heterocycles. The lowest BCUT2D eigenvalue weighted by molar-refractivity contribution is -0.131. The number of esters is 2. The highest BCUT2D eigenvalue weighted by Crippen LogP contribution is 2.25. The maximum atomic E-state index is 12.8. The van der Waals surface area contributed by atoms with Gasteiger partial charge in [-0.15, -0.1) is 0 Å². The van der Waals surface area contributed by atoms with Gasteiger partial charge in [0.15, 0.2) is 0 Å². The van der Waals surface area contributed by atoms with Crippen molar-refractivity contribution in [3.63, 3.8) is 0 Å². The molecule has 0 bridgehead atoms. The van der Waals surface area contributed by atoms with E-state index in [4.69, 9.17) is 16.2 Å². The van der Waals surface area contributed by atoms with E-state index >= 15 is 0 Å². The Bertz CT molecular complexity index is 920. The summed E-state index contributed by atoms with van der Waals surface area (Å²) in [4.78, 5) is 29.4. The zero-order valence-corrected chi connectivity index (χ0v) is 14.6. The summed E-state index contributed by atoms with van der Waals surface area (Å²) in [5, 5.41) is 3.06. The van der Waals surface area contributed by atoms with Gasteiger partial charge in [-0.1, -0.05) is 36.4 Å². The summed E-state index contributed by atoms with van der Waals surface area (Å²) in [6.45, 7) is 1.29. The third kappa shape index (κ3) is 4.14. The minimum Gasteiger partial charge on any atom is -0.398 e. The number of nitrogens with two attached hydrogens (primary N) is 2. The topological polar surface area (TPSA) is 120 Å². The Kier molecular flexibility index (Phi) is 5.51. The zero-order valence-electron chi connectivity index (χ0n) is 14.6. The maximum absolute atomic E-state index is 12.8. The number of hydrogen-bond acceptors (Lipinski definition) is 7. The fourth-order valence-electron chi connectivity index (χ4n) is 2.69. The van der Waals surface area contributed by atoms with Gasteiger partial charge in [-0.25, -0.2) is 9.59 Å². The number of carbonyl (C=O) groups is 2. The second-order valence-corrected chi connectivity index (χ2v) is 5.93. The molecule has 0 amide bonds. The molecule has 2 aromatic rings. The van der Waals surface area contributed by atoms with Crippen molar-refractivity contribution in [2.45, 2.75) is 6.42 Å². The molecule has 27 heavy (non-hydrogen) atoms. The van der Waals surface area contributed by atoms with Crippen molar-refractivity contribution in [1.82, 2.24) is 5.32 Å². The zero-order chi connectivity index (χ0) is 19.2. The van der Waals surface area contributed by atoms with Gasteiger partial charge in [-0.2, -0.15) is 0 Å². The Balaban J connectivity index is 1.99. The summed E-state index contributed by atoms with van der Waals surface area (Å²) in [5.74, 6) is -1.25. The van der Waals surface area contributed by atoms with Crippen LogP contribution in [0.3, 0.4) is 0 Å². The van der Waals surface area contributed by atoms with Crippen LogP contribution in [-0.4, -0.2) is 30.9 Å². The first-order valence-corrected chi connectivity index (χ1v) is 8.53. The number of rotatable bonds is 4. The third-order valence-electron chi connectivity index (χ3n) is 4.05. The van der Waals surface area contributed by atoms with E-state index < -0.39 is 11.9 Å². The van der Waals surface area contributed by atoms with Crippen LogP contribution in [0.4, 0.5) is 5.69 Å². The number of nitrogen functional groups attached to an aromatic ring is 1. The molecule has 5 N–H and O–H groups in total. The molecule has 1 aliphatic rings. The predicted octanol–water partition coefficient (Wildman–Crippen LogP) is 1.71.